The highest BCUT2D eigenvalue weighted by Crippen LogP contribution is 2.04. The molecular formula is C12H10N2O2. The van der Waals surface area contributed by atoms with Gasteiger partial charge in [-0.05, 0) is 11.6 Å². The second-order valence-corrected chi connectivity index (χ2v) is 3.23. The molecule has 1 heterocycles. The zero-order chi connectivity index (χ0) is 11.4. The second kappa shape index (κ2) is 4.44. The zero-order valence-corrected chi connectivity index (χ0v) is 8.42. The Kier molecular flexibility index (Phi) is 2.82. The summed E-state index contributed by atoms with van der Waals surface area (Å²) in [5.74, 6) is 0.0310. The van der Waals surface area contributed by atoms with E-state index >= 15 is 0 Å². The van der Waals surface area contributed by atoms with E-state index in [4.69, 9.17) is 5.11 Å². The van der Waals surface area contributed by atoms with Crippen LogP contribution in [0, 0.1) is 0 Å². The summed E-state index contributed by atoms with van der Waals surface area (Å²) in [6.07, 6.45) is 4.63. The number of rotatable bonds is 2. The predicted molar refractivity (Wildman–Crippen MR) is 61.9 cm³/mol. The molecule has 4 nitrogen and oxygen atoms in total. The van der Waals surface area contributed by atoms with Gasteiger partial charge in [-0.1, -0.05) is 36.4 Å². The second-order valence-electron chi connectivity index (χ2n) is 3.23. The summed E-state index contributed by atoms with van der Waals surface area (Å²) < 4.78 is 0. The summed E-state index contributed by atoms with van der Waals surface area (Å²) in [6.45, 7) is 0. The maximum Gasteiger partial charge on any atom is 0.293 e. The van der Waals surface area contributed by atoms with Crippen molar-refractivity contribution in [2.75, 3.05) is 0 Å². The van der Waals surface area contributed by atoms with Crippen LogP contribution in [-0.2, 0) is 0 Å². The van der Waals surface area contributed by atoms with E-state index in [-0.39, 0.29) is 5.75 Å². The Morgan fingerprint density at radius 1 is 1.19 bits per heavy atom. The monoisotopic (exact) mass is 214 g/mol. The summed E-state index contributed by atoms with van der Waals surface area (Å²) in [7, 11) is 0. The molecule has 2 rings (SSSR count). The lowest BCUT2D eigenvalue weighted by Gasteiger charge is -1.94. The molecule has 0 amide bonds. The third-order valence-electron chi connectivity index (χ3n) is 2.03. The summed E-state index contributed by atoms with van der Waals surface area (Å²) >= 11 is 0. The maximum atomic E-state index is 11.1. The average Bonchev–Trinajstić information content (AvgIpc) is 2.32. The van der Waals surface area contributed by atoms with Crippen molar-refractivity contribution in [3.8, 4) is 5.75 Å². The van der Waals surface area contributed by atoms with Crippen molar-refractivity contribution in [3.05, 3.63) is 58.3 Å². The number of nitrogens with zero attached hydrogens (tertiary/aromatic N) is 1. The molecule has 2 N–H and O–H groups in total. The number of aromatic nitrogens is 2. The smallest absolute Gasteiger partial charge is 0.293 e. The van der Waals surface area contributed by atoms with Crippen LogP contribution in [0.4, 0.5) is 0 Å². The number of nitrogens with one attached hydrogen (secondary N) is 1. The molecule has 1 aromatic heterocycles. The Morgan fingerprint density at radius 3 is 2.62 bits per heavy atom. The molecule has 1 aromatic carbocycles. The third kappa shape index (κ3) is 2.36. The fourth-order valence-electron chi connectivity index (χ4n) is 1.23. The van der Waals surface area contributed by atoms with Gasteiger partial charge in [0.15, 0.2) is 5.75 Å². The molecule has 0 fully saturated rings. The van der Waals surface area contributed by atoms with Crippen LogP contribution < -0.4 is 5.56 Å². The minimum Gasteiger partial charge on any atom is -0.502 e. The van der Waals surface area contributed by atoms with Crippen LogP contribution in [0.15, 0.2) is 41.3 Å². The Bertz CT molecular complexity index is 559. The molecule has 0 unspecified atom stereocenters. The van der Waals surface area contributed by atoms with E-state index in [0.29, 0.717) is 5.82 Å². The van der Waals surface area contributed by atoms with Gasteiger partial charge in [0.1, 0.15) is 5.82 Å². The van der Waals surface area contributed by atoms with Gasteiger partial charge in [-0.15, -0.1) is 0 Å². The summed E-state index contributed by atoms with van der Waals surface area (Å²) in [5, 5.41) is 9.00. The van der Waals surface area contributed by atoms with Gasteiger partial charge in [0, 0.05) is 0 Å². The van der Waals surface area contributed by atoms with Gasteiger partial charge in [0.2, 0.25) is 0 Å². The topological polar surface area (TPSA) is 66.0 Å². The van der Waals surface area contributed by atoms with Crippen LogP contribution in [0.1, 0.15) is 11.4 Å². The largest absolute Gasteiger partial charge is 0.502 e. The molecular weight excluding hydrogens is 204 g/mol. The molecule has 16 heavy (non-hydrogen) atoms. The fraction of sp³-hybridized carbons (Fsp3) is 0. The molecule has 4 heteroatoms. The lowest BCUT2D eigenvalue weighted by atomic mass is 10.2. The van der Waals surface area contributed by atoms with Gasteiger partial charge >= 0.3 is 0 Å². The van der Waals surface area contributed by atoms with Crippen molar-refractivity contribution in [2.45, 2.75) is 0 Å². The highest BCUT2D eigenvalue weighted by atomic mass is 16.3. The summed E-state index contributed by atoms with van der Waals surface area (Å²) in [6, 6.07) is 9.65. The lowest BCUT2D eigenvalue weighted by Crippen LogP contribution is -2.07. The van der Waals surface area contributed by atoms with Gasteiger partial charge in [0.05, 0.1) is 6.20 Å². The molecule has 0 saturated carbocycles. The molecule has 2 aromatic rings. The van der Waals surface area contributed by atoms with Crippen LogP contribution in [0.5, 0.6) is 5.75 Å². The van der Waals surface area contributed by atoms with Gasteiger partial charge in [-0.25, -0.2) is 4.98 Å². The molecule has 0 saturated heterocycles. The minimum atomic E-state index is -0.539. The lowest BCUT2D eigenvalue weighted by molar-refractivity contribution is 0.463. The van der Waals surface area contributed by atoms with E-state index in [2.05, 4.69) is 9.97 Å². The van der Waals surface area contributed by atoms with Crippen molar-refractivity contribution in [2.24, 2.45) is 0 Å². The number of hydrogen-bond acceptors (Lipinski definition) is 3. The van der Waals surface area contributed by atoms with Crippen molar-refractivity contribution in [1.82, 2.24) is 9.97 Å². The highest BCUT2D eigenvalue weighted by Gasteiger charge is 1.96. The molecule has 0 radical (unpaired) electrons. The SMILES string of the molecule is O=c1[nH]c(/C=C/c2ccccc2)ncc1O. The van der Waals surface area contributed by atoms with Crippen LogP contribution in [0.3, 0.4) is 0 Å². The van der Waals surface area contributed by atoms with E-state index in [1.807, 2.05) is 36.4 Å². The average molecular weight is 214 g/mol. The van der Waals surface area contributed by atoms with Gasteiger partial charge in [-0.2, -0.15) is 0 Å². The Balaban J connectivity index is 2.24. The molecule has 0 bridgehead atoms. The molecule has 80 valence electrons. The van der Waals surface area contributed by atoms with Crippen LogP contribution in [0.25, 0.3) is 12.2 Å². The maximum absolute atomic E-state index is 11.1. The molecule has 0 aliphatic carbocycles. The van der Waals surface area contributed by atoms with E-state index in [1.165, 1.54) is 0 Å². The van der Waals surface area contributed by atoms with Crippen molar-refractivity contribution >= 4 is 12.2 Å². The van der Waals surface area contributed by atoms with Crippen LogP contribution >= 0.6 is 0 Å². The number of H-pyrrole nitrogens is 1. The molecule has 0 aliphatic heterocycles. The van der Waals surface area contributed by atoms with Crippen molar-refractivity contribution < 1.29 is 5.11 Å². The van der Waals surface area contributed by atoms with E-state index in [0.717, 1.165) is 11.8 Å². The predicted octanol–water partition coefficient (Wildman–Crippen LogP) is 1.65. The van der Waals surface area contributed by atoms with E-state index < -0.39 is 5.56 Å². The number of aromatic hydroxyl groups is 1. The van der Waals surface area contributed by atoms with Crippen molar-refractivity contribution in [1.29, 1.82) is 0 Å². The molecule has 0 atom stereocenters. The normalized spacial score (nSPS) is 10.8. The fourth-order valence-corrected chi connectivity index (χ4v) is 1.23. The quantitative estimate of drug-likeness (QED) is 0.798. The first-order valence-electron chi connectivity index (χ1n) is 4.77. The van der Waals surface area contributed by atoms with Crippen molar-refractivity contribution in [3.63, 3.8) is 0 Å². The first-order valence-corrected chi connectivity index (χ1v) is 4.77. The highest BCUT2D eigenvalue weighted by molar-refractivity contribution is 5.66. The summed E-state index contributed by atoms with van der Waals surface area (Å²) in [4.78, 5) is 17.4. The molecule has 0 spiro atoms. The van der Waals surface area contributed by atoms with Gasteiger partial charge in [0.25, 0.3) is 5.56 Å². The summed E-state index contributed by atoms with van der Waals surface area (Å²) in [5.41, 5.74) is 0.473. The van der Waals surface area contributed by atoms with Gasteiger partial charge in [-0.3, -0.25) is 4.79 Å². The Hall–Kier alpha value is -2.36. The van der Waals surface area contributed by atoms with E-state index in [9.17, 15) is 4.79 Å². The Labute approximate surface area is 91.9 Å². The van der Waals surface area contributed by atoms with Crippen LogP contribution in [0.2, 0.25) is 0 Å². The van der Waals surface area contributed by atoms with E-state index in [1.54, 1.807) is 6.08 Å². The third-order valence-corrected chi connectivity index (χ3v) is 2.03. The number of aromatic amines is 1. The Morgan fingerprint density at radius 2 is 1.94 bits per heavy atom. The van der Waals surface area contributed by atoms with Crippen LogP contribution in [-0.4, -0.2) is 15.1 Å². The standard InChI is InChI=1S/C12H10N2O2/c15-10-8-13-11(14-12(10)16)7-6-9-4-2-1-3-5-9/h1-8,15H,(H,13,14,16)/b7-6+. The number of benzene rings is 1. The van der Waals surface area contributed by atoms with Gasteiger partial charge < -0.3 is 10.1 Å². The molecule has 0 aliphatic rings. The first-order chi connectivity index (χ1) is 7.75. The first kappa shape index (κ1) is 10.2. The number of hydrogen-bond donors (Lipinski definition) is 2. The minimum absolute atomic E-state index is 0.378. The zero-order valence-electron chi connectivity index (χ0n) is 8.42.